The Labute approximate surface area is 122 Å². The number of aliphatic hydroxyl groups excluding tert-OH is 1. The van der Waals surface area contributed by atoms with E-state index in [2.05, 4.69) is 21.2 Å². The Kier molecular flexibility index (Phi) is 5.38. The van der Waals surface area contributed by atoms with Gasteiger partial charge in [0.25, 0.3) is 5.91 Å². The molecule has 0 saturated carbocycles. The summed E-state index contributed by atoms with van der Waals surface area (Å²) in [5, 5.41) is 12.1. The maximum Gasteiger partial charge on any atom is 0.261 e. The van der Waals surface area contributed by atoms with Gasteiger partial charge in [0.15, 0.2) is 6.10 Å². The molecule has 0 heterocycles. The summed E-state index contributed by atoms with van der Waals surface area (Å²) in [7, 11) is 0. The van der Waals surface area contributed by atoms with Gasteiger partial charge in [-0.3, -0.25) is 4.79 Å². The second-order valence-electron chi connectivity index (χ2n) is 5.41. The molecule has 1 unspecified atom stereocenters. The third-order valence-electron chi connectivity index (χ3n) is 2.36. The van der Waals surface area contributed by atoms with Crippen LogP contribution < -0.4 is 10.1 Å². The van der Waals surface area contributed by atoms with E-state index in [4.69, 9.17) is 4.74 Å². The summed E-state index contributed by atoms with van der Waals surface area (Å²) in [6.45, 7) is 7.29. The summed E-state index contributed by atoms with van der Waals surface area (Å²) in [5.74, 6) is 0.335. The zero-order valence-electron chi connectivity index (χ0n) is 11.7. The van der Waals surface area contributed by atoms with Crippen molar-refractivity contribution < 1.29 is 14.6 Å². The zero-order valence-corrected chi connectivity index (χ0v) is 13.2. The van der Waals surface area contributed by atoms with Crippen LogP contribution >= 0.6 is 15.9 Å². The van der Waals surface area contributed by atoms with Gasteiger partial charge >= 0.3 is 0 Å². The number of ether oxygens (including phenoxy) is 1. The van der Waals surface area contributed by atoms with Gasteiger partial charge in [-0.25, -0.2) is 0 Å². The molecule has 4 nitrogen and oxygen atoms in total. The molecular weight excluding hydrogens is 310 g/mol. The molecular formula is C14H20BrNO3. The molecule has 5 heteroatoms. The molecule has 0 aliphatic heterocycles. The highest BCUT2D eigenvalue weighted by molar-refractivity contribution is 9.10. The number of amides is 1. The molecule has 0 fully saturated rings. The van der Waals surface area contributed by atoms with Crippen LogP contribution in [0.25, 0.3) is 0 Å². The van der Waals surface area contributed by atoms with Crippen molar-refractivity contribution in [3.63, 3.8) is 0 Å². The van der Waals surface area contributed by atoms with Crippen LogP contribution in [0, 0.1) is 0 Å². The summed E-state index contributed by atoms with van der Waals surface area (Å²) in [6, 6.07) is 5.31. The Morgan fingerprint density at radius 2 is 2.11 bits per heavy atom. The van der Waals surface area contributed by atoms with E-state index in [0.717, 1.165) is 4.47 Å². The fourth-order valence-electron chi connectivity index (χ4n) is 1.50. The van der Waals surface area contributed by atoms with E-state index in [0.29, 0.717) is 11.3 Å². The second kappa shape index (κ2) is 6.39. The number of carbonyl (C=O) groups excluding carboxylic acids is 1. The van der Waals surface area contributed by atoms with Crippen molar-refractivity contribution in [3.8, 4) is 5.75 Å². The first-order chi connectivity index (χ1) is 8.73. The topological polar surface area (TPSA) is 58.6 Å². The van der Waals surface area contributed by atoms with Crippen LogP contribution in [0.3, 0.4) is 0 Å². The number of hydrogen-bond acceptors (Lipinski definition) is 3. The first kappa shape index (κ1) is 16.0. The van der Waals surface area contributed by atoms with Gasteiger partial charge < -0.3 is 15.2 Å². The van der Waals surface area contributed by atoms with Gasteiger partial charge in [0.1, 0.15) is 5.75 Å². The average Bonchev–Trinajstić information content (AvgIpc) is 2.29. The van der Waals surface area contributed by atoms with Crippen molar-refractivity contribution in [2.75, 3.05) is 0 Å². The molecule has 1 rings (SSSR count). The van der Waals surface area contributed by atoms with Crippen LogP contribution in [0.5, 0.6) is 5.75 Å². The van der Waals surface area contributed by atoms with Crippen LogP contribution in [-0.2, 0) is 11.4 Å². The molecule has 1 aromatic carbocycles. The van der Waals surface area contributed by atoms with E-state index in [-0.39, 0.29) is 18.1 Å². The molecule has 106 valence electrons. The van der Waals surface area contributed by atoms with E-state index < -0.39 is 6.10 Å². The third kappa shape index (κ3) is 5.20. The molecule has 1 amide bonds. The van der Waals surface area contributed by atoms with Crippen molar-refractivity contribution in [2.24, 2.45) is 0 Å². The molecule has 1 aromatic rings. The van der Waals surface area contributed by atoms with Crippen molar-refractivity contribution in [1.82, 2.24) is 5.32 Å². The van der Waals surface area contributed by atoms with Crippen LogP contribution in [0.4, 0.5) is 0 Å². The van der Waals surface area contributed by atoms with E-state index in [9.17, 15) is 9.90 Å². The van der Waals surface area contributed by atoms with Gasteiger partial charge in [-0.15, -0.1) is 0 Å². The lowest BCUT2D eigenvalue weighted by Crippen LogP contribution is -2.46. The Bertz CT molecular complexity index is 454. The Balaban J connectivity index is 2.76. The standard InChI is InChI=1S/C14H20BrNO3/c1-9(13(18)16-14(2,3)4)19-12-6-5-11(15)7-10(12)8-17/h5-7,9,17H,8H2,1-4H3,(H,16,18). The summed E-state index contributed by atoms with van der Waals surface area (Å²) in [5.41, 5.74) is 0.346. The van der Waals surface area contributed by atoms with Gasteiger partial charge in [-0.2, -0.15) is 0 Å². The predicted molar refractivity (Wildman–Crippen MR) is 78.1 cm³/mol. The molecule has 0 radical (unpaired) electrons. The number of aliphatic hydroxyl groups is 1. The van der Waals surface area contributed by atoms with Crippen molar-refractivity contribution in [3.05, 3.63) is 28.2 Å². The van der Waals surface area contributed by atoms with Gasteiger partial charge in [-0.1, -0.05) is 15.9 Å². The number of carbonyl (C=O) groups is 1. The van der Waals surface area contributed by atoms with E-state index in [1.165, 1.54) is 0 Å². The lowest BCUT2D eigenvalue weighted by atomic mass is 10.1. The SMILES string of the molecule is CC(Oc1ccc(Br)cc1CO)C(=O)NC(C)(C)C. The zero-order chi connectivity index (χ0) is 14.6. The molecule has 0 spiro atoms. The summed E-state index contributed by atoms with van der Waals surface area (Å²) >= 11 is 3.33. The van der Waals surface area contributed by atoms with Crippen LogP contribution in [0.1, 0.15) is 33.3 Å². The van der Waals surface area contributed by atoms with Gasteiger partial charge in [0.2, 0.25) is 0 Å². The van der Waals surface area contributed by atoms with Crippen molar-refractivity contribution in [2.45, 2.75) is 45.9 Å². The number of hydrogen-bond donors (Lipinski definition) is 2. The molecule has 1 atom stereocenters. The largest absolute Gasteiger partial charge is 0.481 e. The lowest BCUT2D eigenvalue weighted by molar-refractivity contribution is -0.128. The lowest BCUT2D eigenvalue weighted by Gasteiger charge is -2.24. The smallest absolute Gasteiger partial charge is 0.261 e. The minimum Gasteiger partial charge on any atom is -0.481 e. The van der Waals surface area contributed by atoms with Gasteiger partial charge in [-0.05, 0) is 45.9 Å². The van der Waals surface area contributed by atoms with E-state index in [1.807, 2.05) is 26.8 Å². The maximum atomic E-state index is 11.9. The average molecular weight is 330 g/mol. The van der Waals surface area contributed by atoms with Gasteiger partial charge in [0, 0.05) is 15.6 Å². The Morgan fingerprint density at radius 1 is 1.47 bits per heavy atom. The molecule has 0 bridgehead atoms. The quantitative estimate of drug-likeness (QED) is 0.892. The first-order valence-electron chi connectivity index (χ1n) is 6.11. The monoisotopic (exact) mass is 329 g/mol. The van der Waals surface area contributed by atoms with Crippen LogP contribution in [-0.4, -0.2) is 22.7 Å². The van der Waals surface area contributed by atoms with Crippen molar-refractivity contribution in [1.29, 1.82) is 0 Å². The predicted octanol–water partition coefficient (Wildman–Crippen LogP) is 2.62. The Hall–Kier alpha value is -1.07. The number of nitrogens with one attached hydrogen (secondary N) is 1. The fraction of sp³-hybridized carbons (Fsp3) is 0.500. The first-order valence-corrected chi connectivity index (χ1v) is 6.90. The number of benzene rings is 1. The van der Waals surface area contributed by atoms with E-state index in [1.54, 1.807) is 19.1 Å². The van der Waals surface area contributed by atoms with Crippen LogP contribution in [0.15, 0.2) is 22.7 Å². The summed E-state index contributed by atoms with van der Waals surface area (Å²) in [6.07, 6.45) is -0.620. The third-order valence-corrected chi connectivity index (χ3v) is 2.86. The number of halogens is 1. The molecule has 2 N–H and O–H groups in total. The summed E-state index contributed by atoms with van der Waals surface area (Å²) in [4.78, 5) is 11.9. The molecule has 0 aliphatic rings. The molecule has 0 saturated heterocycles. The number of rotatable bonds is 4. The van der Waals surface area contributed by atoms with Crippen LogP contribution in [0.2, 0.25) is 0 Å². The normalized spacial score (nSPS) is 12.9. The summed E-state index contributed by atoms with van der Waals surface area (Å²) < 4.78 is 6.46. The highest BCUT2D eigenvalue weighted by atomic mass is 79.9. The minimum absolute atomic E-state index is 0.137. The Morgan fingerprint density at radius 3 is 2.63 bits per heavy atom. The highest BCUT2D eigenvalue weighted by Gasteiger charge is 2.21. The van der Waals surface area contributed by atoms with E-state index >= 15 is 0 Å². The molecule has 0 aromatic heterocycles. The molecule has 0 aliphatic carbocycles. The van der Waals surface area contributed by atoms with Gasteiger partial charge in [0.05, 0.1) is 6.61 Å². The fourth-order valence-corrected chi connectivity index (χ4v) is 1.91. The minimum atomic E-state index is -0.620. The van der Waals surface area contributed by atoms with Crippen molar-refractivity contribution >= 4 is 21.8 Å². The maximum absolute atomic E-state index is 11.9. The second-order valence-corrected chi connectivity index (χ2v) is 6.33. The molecule has 19 heavy (non-hydrogen) atoms. The highest BCUT2D eigenvalue weighted by Crippen LogP contribution is 2.24.